The molecule has 58 valence electrons. The van der Waals surface area contributed by atoms with E-state index in [0.29, 0.717) is 0 Å². The molecule has 0 aromatic heterocycles. The highest BCUT2D eigenvalue weighted by Gasteiger charge is 2.21. The van der Waals surface area contributed by atoms with Gasteiger partial charge in [0.05, 0.1) is 0 Å². The normalized spacial score (nSPS) is 26.4. The largest absolute Gasteiger partial charge is 0.314 e. The first-order chi connectivity index (χ1) is 4.95. The van der Waals surface area contributed by atoms with Crippen LogP contribution >= 0.6 is 0 Å². The summed E-state index contributed by atoms with van der Waals surface area (Å²) in [5.74, 6) is 1.09. The number of nitrogens with one attached hydrogen (secondary N) is 1. The summed E-state index contributed by atoms with van der Waals surface area (Å²) in [6.07, 6.45) is 8.82. The van der Waals surface area contributed by atoms with Crippen LogP contribution in [0.4, 0.5) is 0 Å². The van der Waals surface area contributed by atoms with E-state index >= 15 is 0 Å². The lowest BCUT2D eigenvalue weighted by Crippen LogP contribution is -2.22. The maximum absolute atomic E-state index is 3.56. The molecule has 1 N–H and O–H groups in total. The van der Waals surface area contributed by atoms with Gasteiger partial charge in [0, 0.05) is 6.04 Å². The maximum Gasteiger partial charge on any atom is 0.00682 e. The van der Waals surface area contributed by atoms with E-state index in [2.05, 4.69) is 5.32 Å². The Balaban J connectivity index is 1.46. The van der Waals surface area contributed by atoms with Gasteiger partial charge in [0.2, 0.25) is 0 Å². The summed E-state index contributed by atoms with van der Waals surface area (Å²) in [4.78, 5) is 0. The Morgan fingerprint density at radius 1 is 1.10 bits per heavy atom. The highest BCUT2D eigenvalue weighted by Crippen LogP contribution is 2.29. The molecule has 0 bridgehead atoms. The fourth-order valence-corrected chi connectivity index (χ4v) is 1.56. The van der Waals surface area contributed by atoms with Crippen molar-refractivity contribution in [2.24, 2.45) is 5.92 Å². The Hall–Kier alpha value is -0.0400. The van der Waals surface area contributed by atoms with Crippen molar-refractivity contribution in [1.29, 1.82) is 0 Å². The van der Waals surface area contributed by atoms with Gasteiger partial charge in [-0.2, -0.15) is 0 Å². The molecular formula is C9H17N. The molecule has 0 aliphatic heterocycles. The Labute approximate surface area is 63.2 Å². The smallest absolute Gasteiger partial charge is 0.00682 e. The van der Waals surface area contributed by atoms with Gasteiger partial charge >= 0.3 is 0 Å². The van der Waals surface area contributed by atoms with Crippen LogP contribution in [-0.4, -0.2) is 12.6 Å². The molecule has 2 aliphatic carbocycles. The summed E-state index contributed by atoms with van der Waals surface area (Å²) in [6, 6.07) is 0.917. The van der Waals surface area contributed by atoms with E-state index in [1.165, 1.54) is 45.1 Å². The van der Waals surface area contributed by atoms with Gasteiger partial charge in [-0.05, 0) is 31.7 Å². The zero-order chi connectivity index (χ0) is 6.81. The molecule has 2 rings (SSSR count). The molecule has 0 atom stereocenters. The fraction of sp³-hybridized carbons (Fsp3) is 1.00. The summed E-state index contributed by atoms with van der Waals surface area (Å²) in [7, 11) is 0. The lowest BCUT2D eigenvalue weighted by atomic mass is 9.83. The van der Waals surface area contributed by atoms with E-state index in [0.717, 1.165) is 12.0 Å². The van der Waals surface area contributed by atoms with Gasteiger partial charge in [0.25, 0.3) is 0 Å². The first kappa shape index (κ1) is 6.66. The van der Waals surface area contributed by atoms with Crippen molar-refractivity contribution < 1.29 is 0 Å². The van der Waals surface area contributed by atoms with Gasteiger partial charge in [-0.15, -0.1) is 0 Å². The summed E-state index contributed by atoms with van der Waals surface area (Å²) >= 11 is 0. The van der Waals surface area contributed by atoms with Gasteiger partial charge in [-0.1, -0.05) is 19.3 Å². The average Bonchev–Trinajstić information content (AvgIpc) is 2.58. The second-order valence-corrected chi connectivity index (χ2v) is 3.81. The fourth-order valence-electron chi connectivity index (χ4n) is 1.56. The van der Waals surface area contributed by atoms with Gasteiger partial charge in [-0.3, -0.25) is 0 Å². The van der Waals surface area contributed by atoms with Crippen LogP contribution in [0.3, 0.4) is 0 Å². The maximum atomic E-state index is 3.56. The Bertz CT molecular complexity index is 103. The molecule has 0 saturated heterocycles. The van der Waals surface area contributed by atoms with Crippen LogP contribution in [0.25, 0.3) is 0 Å². The molecule has 0 unspecified atom stereocenters. The van der Waals surface area contributed by atoms with Crippen LogP contribution < -0.4 is 5.32 Å². The van der Waals surface area contributed by atoms with E-state index in [9.17, 15) is 0 Å². The van der Waals surface area contributed by atoms with Gasteiger partial charge in [0.15, 0.2) is 0 Å². The van der Waals surface area contributed by atoms with Crippen LogP contribution in [0.1, 0.15) is 38.5 Å². The lowest BCUT2D eigenvalue weighted by molar-refractivity contribution is 0.292. The zero-order valence-electron chi connectivity index (χ0n) is 6.60. The third kappa shape index (κ3) is 1.72. The van der Waals surface area contributed by atoms with Gasteiger partial charge in [-0.25, -0.2) is 0 Å². The molecule has 1 heteroatoms. The predicted molar refractivity (Wildman–Crippen MR) is 43.0 cm³/mol. The molecule has 1 nitrogen and oxygen atoms in total. The molecule has 10 heavy (non-hydrogen) atoms. The summed E-state index contributed by atoms with van der Waals surface area (Å²) < 4.78 is 0. The van der Waals surface area contributed by atoms with Gasteiger partial charge < -0.3 is 5.32 Å². The molecule has 0 radical (unpaired) electrons. The highest BCUT2D eigenvalue weighted by atomic mass is 14.9. The lowest BCUT2D eigenvalue weighted by Gasteiger charge is -2.25. The monoisotopic (exact) mass is 139 g/mol. The number of rotatable bonds is 4. The Morgan fingerprint density at radius 2 is 1.90 bits per heavy atom. The third-order valence-electron chi connectivity index (χ3n) is 2.79. The van der Waals surface area contributed by atoms with Crippen molar-refractivity contribution in [3.63, 3.8) is 0 Å². The van der Waals surface area contributed by atoms with E-state index in [1.807, 2.05) is 0 Å². The molecule has 0 amide bonds. The second-order valence-electron chi connectivity index (χ2n) is 3.81. The minimum absolute atomic E-state index is 0.917. The summed E-state index contributed by atoms with van der Waals surface area (Å²) in [6.45, 7) is 1.29. The van der Waals surface area contributed by atoms with E-state index < -0.39 is 0 Å². The van der Waals surface area contributed by atoms with Crippen molar-refractivity contribution in [2.75, 3.05) is 6.54 Å². The Morgan fingerprint density at radius 3 is 2.40 bits per heavy atom. The molecular weight excluding hydrogens is 122 g/mol. The molecule has 0 heterocycles. The van der Waals surface area contributed by atoms with Crippen molar-refractivity contribution in [3.05, 3.63) is 0 Å². The van der Waals surface area contributed by atoms with Gasteiger partial charge in [0.1, 0.15) is 0 Å². The Kier molecular flexibility index (Phi) is 1.94. The third-order valence-corrected chi connectivity index (χ3v) is 2.79. The van der Waals surface area contributed by atoms with Crippen molar-refractivity contribution in [3.8, 4) is 0 Å². The van der Waals surface area contributed by atoms with Crippen LogP contribution in [0.5, 0.6) is 0 Å². The van der Waals surface area contributed by atoms with Crippen LogP contribution in [0.15, 0.2) is 0 Å². The quantitative estimate of drug-likeness (QED) is 0.627. The molecule has 0 aromatic rings. The highest BCUT2D eigenvalue weighted by molar-refractivity contribution is 4.81. The minimum atomic E-state index is 0.917. The van der Waals surface area contributed by atoms with Crippen LogP contribution in [0, 0.1) is 5.92 Å². The average molecular weight is 139 g/mol. The molecule has 2 fully saturated rings. The van der Waals surface area contributed by atoms with E-state index in [1.54, 1.807) is 0 Å². The molecule has 0 aromatic carbocycles. The van der Waals surface area contributed by atoms with Crippen molar-refractivity contribution in [1.82, 2.24) is 5.32 Å². The van der Waals surface area contributed by atoms with Crippen LogP contribution in [0.2, 0.25) is 0 Å². The molecule has 2 aliphatic rings. The standard InChI is InChI=1S/C9H17N/c1-2-8(3-1)6-7-10-9-4-5-9/h8-10H,1-7H2. The predicted octanol–water partition coefficient (Wildman–Crippen LogP) is 1.93. The van der Waals surface area contributed by atoms with Crippen molar-refractivity contribution in [2.45, 2.75) is 44.6 Å². The topological polar surface area (TPSA) is 12.0 Å². The number of hydrogen-bond acceptors (Lipinski definition) is 1. The molecule has 2 saturated carbocycles. The van der Waals surface area contributed by atoms with E-state index in [-0.39, 0.29) is 0 Å². The second kappa shape index (κ2) is 2.91. The van der Waals surface area contributed by atoms with Crippen LogP contribution in [-0.2, 0) is 0 Å². The van der Waals surface area contributed by atoms with E-state index in [4.69, 9.17) is 0 Å². The first-order valence-electron chi connectivity index (χ1n) is 4.68. The summed E-state index contributed by atoms with van der Waals surface area (Å²) in [5.41, 5.74) is 0. The summed E-state index contributed by atoms with van der Waals surface area (Å²) in [5, 5.41) is 3.56. The number of hydrogen-bond donors (Lipinski definition) is 1. The minimum Gasteiger partial charge on any atom is -0.314 e. The first-order valence-corrected chi connectivity index (χ1v) is 4.68. The SMILES string of the molecule is C1CC(CCNC2CC2)C1. The van der Waals surface area contributed by atoms with Crippen molar-refractivity contribution >= 4 is 0 Å². The molecule has 0 spiro atoms. The zero-order valence-corrected chi connectivity index (χ0v) is 6.60.